The third kappa shape index (κ3) is 2.19. The second kappa shape index (κ2) is 5.27. The summed E-state index contributed by atoms with van der Waals surface area (Å²) < 4.78 is 2.14. The number of nitrogens with two attached hydrogens (primary N) is 1. The zero-order chi connectivity index (χ0) is 14.1. The number of hydrogen-bond donors (Lipinski definition) is 1. The van der Waals surface area contributed by atoms with Gasteiger partial charge in [0.1, 0.15) is 5.82 Å². The first kappa shape index (κ1) is 13.2. The predicted molar refractivity (Wildman–Crippen MR) is 82.9 cm³/mol. The fourth-order valence-corrected chi connectivity index (χ4v) is 2.67. The highest BCUT2D eigenvalue weighted by molar-refractivity contribution is 6.31. The standard InChI is InChI=1S/C16H16ClN3/c1-2-20-14-9-8-12(17)10-13(14)19-16(20)15(18)11-6-4-3-5-7-11/h3-10,15H,2,18H2,1H3. The van der Waals surface area contributed by atoms with Crippen LogP contribution < -0.4 is 5.73 Å². The molecule has 2 aromatic carbocycles. The summed E-state index contributed by atoms with van der Waals surface area (Å²) in [7, 11) is 0. The molecule has 0 bridgehead atoms. The lowest BCUT2D eigenvalue weighted by Gasteiger charge is -2.13. The molecule has 1 atom stereocenters. The minimum Gasteiger partial charge on any atom is -0.327 e. The third-order valence-corrected chi connectivity index (χ3v) is 3.73. The molecule has 1 aromatic heterocycles. The fourth-order valence-electron chi connectivity index (χ4n) is 2.50. The first-order valence-corrected chi connectivity index (χ1v) is 7.04. The van der Waals surface area contributed by atoms with Crippen LogP contribution in [0, 0.1) is 0 Å². The van der Waals surface area contributed by atoms with Crippen molar-refractivity contribution in [3.8, 4) is 0 Å². The number of aromatic nitrogens is 2. The summed E-state index contributed by atoms with van der Waals surface area (Å²) in [6.45, 7) is 2.92. The molecule has 1 unspecified atom stereocenters. The first-order chi connectivity index (χ1) is 9.70. The van der Waals surface area contributed by atoms with Gasteiger partial charge in [-0.25, -0.2) is 4.98 Å². The second-order valence-corrected chi connectivity index (χ2v) is 5.17. The number of aryl methyl sites for hydroxylation is 1. The fraction of sp³-hybridized carbons (Fsp3) is 0.188. The SMILES string of the molecule is CCn1c(C(N)c2ccccc2)nc2cc(Cl)ccc21. The van der Waals surface area contributed by atoms with Crippen LogP contribution in [0.5, 0.6) is 0 Å². The summed E-state index contributed by atoms with van der Waals surface area (Å²) in [6, 6.07) is 15.5. The Hall–Kier alpha value is -1.84. The van der Waals surface area contributed by atoms with Gasteiger partial charge in [0.2, 0.25) is 0 Å². The number of halogens is 1. The Morgan fingerprint density at radius 2 is 1.95 bits per heavy atom. The molecule has 0 radical (unpaired) electrons. The molecule has 0 spiro atoms. The van der Waals surface area contributed by atoms with Crippen molar-refractivity contribution in [1.82, 2.24) is 9.55 Å². The normalized spacial score (nSPS) is 12.8. The van der Waals surface area contributed by atoms with Crippen LogP contribution >= 0.6 is 11.6 Å². The lowest BCUT2D eigenvalue weighted by Crippen LogP contribution is -2.17. The van der Waals surface area contributed by atoms with Crippen molar-refractivity contribution in [3.05, 3.63) is 64.9 Å². The van der Waals surface area contributed by atoms with Crippen molar-refractivity contribution in [3.63, 3.8) is 0 Å². The maximum Gasteiger partial charge on any atom is 0.131 e. The number of benzene rings is 2. The molecule has 3 nitrogen and oxygen atoms in total. The van der Waals surface area contributed by atoms with E-state index in [0.717, 1.165) is 29.0 Å². The lowest BCUT2D eigenvalue weighted by molar-refractivity contribution is 0.671. The summed E-state index contributed by atoms with van der Waals surface area (Å²) in [4.78, 5) is 4.67. The molecule has 0 aliphatic heterocycles. The molecule has 2 N–H and O–H groups in total. The van der Waals surface area contributed by atoms with Crippen LogP contribution in [0.3, 0.4) is 0 Å². The Balaban J connectivity index is 2.16. The second-order valence-electron chi connectivity index (χ2n) is 4.74. The van der Waals surface area contributed by atoms with Gasteiger partial charge in [-0.1, -0.05) is 41.9 Å². The van der Waals surface area contributed by atoms with Crippen molar-refractivity contribution < 1.29 is 0 Å². The van der Waals surface area contributed by atoms with Crippen molar-refractivity contribution in [1.29, 1.82) is 0 Å². The van der Waals surface area contributed by atoms with E-state index in [2.05, 4.69) is 16.5 Å². The third-order valence-electron chi connectivity index (χ3n) is 3.49. The molecule has 3 aromatic rings. The van der Waals surface area contributed by atoms with E-state index in [9.17, 15) is 0 Å². The van der Waals surface area contributed by atoms with Gasteiger partial charge in [0.05, 0.1) is 17.1 Å². The summed E-state index contributed by atoms with van der Waals surface area (Å²) in [5.41, 5.74) is 9.39. The van der Waals surface area contributed by atoms with Gasteiger partial charge in [-0.2, -0.15) is 0 Å². The van der Waals surface area contributed by atoms with Crippen molar-refractivity contribution in [2.45, 2.75) is 19.5 Å². The summed E-state index contributed by atoms with van der Waals surface area (Å²) >= 11 is 6.04. The highest BCUT2D eigenvalue weighted by atomic mass is 35.5. The van der Waals surface area contributed by atoms with Crippen LogP contribution in [0.2, 0.25) is 5.02 Å². The average molecular weight is 286 g/mol. The molecule has 0 saturated carbocycles. The first-order valence-electron chi connectivity index (χ1n) is 6.67. The number of fused-ring (bicyclic) bond motifs is 1. The summed E-state index contributed by atoms with van der Waals surface area (Å²) in [6.07, 6.45) is 0. The quantitative estimate of drug-likeness (QED) is 0.796. The van der Waals surface area contributed by atoms with Gasteiger partial charge in [-0.05, 0) is 30.7 Å². The van der Waals surface area contributed by atoms with E-state index in [-0.39, 0.29) is 6.04 Å². The van der Waals surface area contributed by atoms with E-state index >= 15 is 0 Å². The molecule has 0 fully saturated rings. The molecule has 102 valence electrons. The maximum absolute atomic E-state index is 6.38. The molecule has 1 heterocycles. The van der Waals surface area contributed by atoms with E-state index < -0.39 is 0 Å². The highest BCUT2D eigenvalue weighted by Crippen LogP contribution is 2.25. The minimum atomic E-state index is -0.234. The Morgan fingerprint density at radius 3 is 2.65 bits per heavy atom. The molecular weight excluding hydrogens is 270 g/mol. The van der Waals surface area contributed by atoms with Gasteiger partial charge in [-0.15, -0.1) is 0 Å². The highest BCUT2D eigenvalue weighted by Gasteiger charge is 2.17. The van der Waals surface area contributed by atoms with Crippen LogP contribution in [-0.4, -0.2) is 9.55 Å². The zero-order valence-corrected chi connectivity index (χ0v) is 12.0. The van der Waals surface area contributed by atoms with Crippen molar-refractivity contribution >= 4 is 22.6 Å². The number of rotatable bonds is 3. The molecule has 0 aliphatic rings. The van der Waals surface area contributed by atoms with Crippen LogP contribution in [0.1, 0.15) is 24.4 Å². The Morgan fingerprint density at radius 1 is 1.20 bits per heavy atom. The van der Waals surface area contributed by atoms with Gasteiger partial charge >= 0.3 is 0 Å². The van der Waals surface area contributed by atoms with Crippen LogP contribution in [0.25, 0.3) is 11.0 Å². The van der Waals surface area contributed by atoms with Gasteiger partial charge in [0.25, 0.3) is 0 Å². The number of imidazole rings is 1. The molecule has 0 amide bonds. The van der Waals surface area contributed by atoms with Crippen LogP contribution in [0.4, 0.5) is 0 Å². The molecular formula is C16H16ClN3. The molecule has 20 heavy (non-hydrogen) atoms. The molecule has 4 heteroatoms. The lowest BCUT2D eigenvalue weighted by atomic mass is 10.1. The molecule has 0 aliphatic carbocycles. The number of nitrogens with zero attached hydrogens (tertiary/aromatic N) is 2. The van der Waals surface area contributed by atoms with Crippen LogP contribution in [0.15, 0.2) is 48.5 Å². The van der Waals surface area contributed by atoms with Crippen molar-refractivity contribution in [2.24, 2.45) is 5.73 Å². The van der Waals surface area contributed by atoms with E-state index in [0.29, 0.717) is 5.02 Å². The van der Waals surface area contributed by atoms with E-state index in [1.54, 1.807) is 0 Å². The number of hydrogen-bond acceptors (Lipinski definition) is 2. The summed E-state index contributed by atoms with van der Waals surface area (Å²) in [5, 5.41) is 0.693. The largest absolute Gasteiger partial charge is 0.327 e. The maximum atomic E-state index is 6.38. The van der Waals surface area contributed by atoms with E-state index in [4.69, 9.17) is 17.3 Å². The van der Waals surface area contributed by atoms with Gasteiger partial charge in [-0.3, -0.25) is 0 Å². The van der Waals surface area contributed by atoms with E-state index in [1.165, 1.54) is 0 Å². The topological polar surface area (TPSA) is 43.8 Å². The van der Waals surface area contributed by atoms with E-state index in [1.807, 2.05) is 48.5 Å². The van der Waals surface area contributed by atoms with Crippen LogP contribution in [-0.2, 0) is 6.54 Å². The minimum absolute atomic E-state index is 0.234. The van der Waals surface area contributed by atoms with Gasteiger partial charge < -0.3 is 10.3 Å². The predicted octanol–water partition coefficient (Wildman–Crippen LogP) is 3.76. The average Bonchev–Trinajstić information content (AvgIpc) is 2.84. The Labute approximate surface area is 123 Å². The smallest absolute Gasteiger partial charge is 0.131 e. The Bertz CT molecular complexity index is 734. The van der Waals surface area contributed by atoms with Crippen molar-refractivity contribution in [2.75, 3.05) is 0 Å². The molecule has 3 rings (SSSR count). The van der Waals surface area contributed by atoms with Gasteiger partial charge in [0.15, 0.2) is 0 Å². The molecule has 0 saturated heterocycles. The van der Waals surface area contributed by atoms with Gasteiger partial charge in [0, 0.05) is 11.6 Å². The summed E-state index contributed by atoms with van der Waals surface area (Å²) in [5.74, 6) is 0.871. The Kier molecular flexibility index (Phi) is 3.47. The zero-order valence-electron chi connectivity index (χ0n) is 11.3. The monoisotopic (exact) mass is 285 g/mol.